The van der Waals surface area contributed by atoms with Crippen LogP contribution in [-0.4, -0.2) is 90.7 Å². The first kappa shape index (κ1) is 39.6. The van der Waals surface area contributed by atoms with Crippen molar-refractivity contribution in [1.82, 2.24) is 20.1 Å². The van der Waals surface area contributed by atoms with E-state index in [2.05, 4.69) is 62.3 Å². The number of hydrogen-bond acceptors (Lipinski definition) is 8. The molecule has 0 spiro atoms. The summed E-state index contributed by atoms with van der Waals surface area (Å²) in [7, 11) is 3.23. The molecule has 10 nitrogen and oxygen atoms in total. The third-order valence-corrected chi connectivity index (χ3v) is 10.9. The molecule has 3 amide bonds. The van der Waals surface area contributed by atoms with Crippen LogP contribution in [0.15, 0.2) is 35.8 Å². The number of nitrogens with zero attached hydrogens (tertiary/aromatic N) is 3. The highest BCUT2D eigenvalue weighted by molar-refractivity contribution is 7.09. The van der Waals surface area contributed by atoms with E-state index in [9.17, 15) is 14.4 Å². The van der Waals surface area contributed by atoms with Crippen LogP contribution >= 0.6 is 11.3 Å². The van der Waals surface area contributed by atoms with Gasteiger partial charge in [-0.1, -0.05) is 71.7 Å². The Hall–Kier alpha value is -2.86. The Bertz CT molecular complexity index is 1260. The van der Waals surface area contributed by atoms with Crippen molar-refractivity contribution in [2.75, 3.05) is 33.9 Å². The van der Waals surface area contributed by atoms with Crippen molar-refractivity contribution >= 4 is 29.1 Å². The molecule has 7 unspecified atom stereocenters. The van der Waals surface area contributed by atoms with Crippen molar-refractivity contribution in [3.63, 3.8) is 0 Å². The van der Waals surface area contributed by atoms with Gasteiger partial charge in [0, 0.05) is 38.9 Å². The molecule has 11 heteroatoms. The minimum Gasteiger partial charge on any atom is -0.379 e. The SMILES string of the molecule is CCCCN(C(=O)CN)C(C(C)CC)C(CC(=O)N1CCCC1C(OC)C(C)C(=O)NC(Cc1ccc(CC)cc1)c1nccs1)OC. The van der Waals surface area contributed by atoms with E-state index in [4.69, 9.17) is 15.2 Å². The largest absolute Gasteiger partial charge is 0.379 e. The molecular formula is C37H59N5O5S. The van der Waals surface area contributed by atoms with Gasteiger partial charge in [-0.05, 0) is 49.1 Å². The monoisotopic (exact) mass is 685 g/mol. The summed E-state index contributed by atoms with van der Waals surface area (Å²) in [5.74, 6) is -0.730. The van der Waals surface area contributed by atoms with E-state index in [1.807, 2.05) is 22.1 Å². The summed E-state index contributed by atoms with van der Waals surface area (Å²) in [5, 5.41) is 6.03. The van der Waals surface area contributed by atoms with Crippen LogP contribution in [-0.2, 0) is 36.7 Å². The number of methoxy groups -OCH3 is 2. The minimum atomic E-state index is -0.517. The second-order valence-electron chi connectivity index (χ2n) is 13.1. The summed E-state index contributed by atoms with van der Waals surface area (Å²) in [6.45, 7) is 11.4. The number of aromatic nitrogens is 1. The maximum atomic E-state index is 14.1. The van der Waals surface area contributed by atoms with Crippen LogP contribution in [0.1, 0.15) is 95.3 Å². The molecule has 0 radical (unpaired) electrons. The van der Waals surface area contributed by atoms with Crippen LogP contribution in [0, 0.1) is 11.8 Å². The normalized spacial score (nSPS) is 18.5. The third-order valence-electron chi connectivity index (χ3n) is 10.0. The molecule has 2 aromatic rings. The van der Waals surface area contributed by atoms with Gasteiger partial charge in [-0.25, -0.2) is 4.98 Å². The van der Waals surface area contributed by atoms with Crippen molar-refractivity contribution in [2.45, 2.75) is 116 Å². The maximum absolute atomic E-state index is 14.1. The number of benzene rings is 1. The second kappa shape index (κ2) is 20.0. The summed E-state index contributed by atoms with van der Waals surface area (Å²) in [6, 6.07) is 7.66. The summed E-state index contributed by atoms with van der Waals surface area (Å²) in [6.07, 6.45) is 6.67. The van der Waals surface area contributed by atoms with E-state index in [0.717, 1.165) is 49.1 Å². The number of carbonyl (C=O) groups is 3. The zero-order chi connectivity index (χ0) is 35.2. The summed E-state index contributed by atoms with van der Waals surface area (Å²) < 4.78 is 12.0. The van der Waals surface area contributed by atoms with E-state index in [0.29, 0.717) is 19.5 Å². The smallest absolute Gasteiger partial charge is 0.236 e. The molecule has 1 aliphatic rings. The van der Waals surface area contributed by atoms with Crippen LogP contribution in [0.5, 0.6) is 0 Å². The van der Waals surface area contributed by atoms with E-state index < -0.39 is 18.1 Å². The Balaban J connectivity index is 1.77. The number of rotatable bonds is 20. The number of thiazole rings is 1. The van der Waals surface area contributed by atoms with Gasteiger partial charge in [0.25, 0.3) is 0 Å². The molecule has 48 heavy (non-hydrogen) atoms. The van der Waals surface area contributed by atoms with Gasteiger partial charge in [0.1, 0.15) is 5.01 Å². The lowest BCUT2D eigenvalue weighted by molar-refractivity contribution is -0.146. The molecule has 3 N–H and O–H groups in total. The highest BCUT2D eigenvalue weighted by Gasteiger charge is 2.42. The van der Waals surface area contributed by atoms with E-state index in [1.54, 1.807) is 20.4 Å². The molecule has 2 heterocycles. The standard InChI is InChI=1S/C37H59N5O5S/c1-8-11-19-42(33(44)24-38)34(25(4)9-2)31(46-6)23-32(43)41-20-12-13-30(41)35(47-7)26(5)36(45)40-29(37-39-18-21-48-37)22-28-16-14-27(10-3)15-17-28/h14-18,21,25-26,29-31,34-35H,8-13,19-20,22-24,38H2,1-7H3,(H,40,45). The Morgan fingerprint density at radius 2 is 1.81 bits per heavy atom. The lowest BCUT2D eigenvalue weighted by Crippen LogP contribution is -2.55. The minimum absolute atomic E-state index is 0.0564. The number of nitrogens with two attached hydrogens (primary N) is 1. The highest BCUT2D eigenvalue weighted by Crippen LogP contribution is 2.30. The first-order valence-corrected chi connectivity index (χ1v) is 18.6. The van der Waals surface area contributed by atoms with Crippen molar-refractivity contribution in [1.29, 1.82) is 0 Å². The predicted octanol–water partition coefficient (Wildman–Crippen LogP) is 5.15. The van der Waals surface area contributed by atoms with Gasteiger partial charge in [0.2, 0.25) is 17.7 Å². The molecule has 0 saturated carbocycles. The predicted molar refractivity (Wildman–Crippen MR) is 192 cm³/mol. The summed E-state index contributed by atoms with van der Waals surface area (Å²) >= 11 is 1.52. The van der Waals surface area contributed by atoms with Crippen LogP contribution in [0.4, 0.5) is 0 Å². The number of likely N-dealkylation sites (tertiary alicyclic amines) is 1. The van der Waals surface area contributed by atoms with Gasteiger partial charge in [-0.2, -0.15) is 0 Å². The Kier molecular flexibility index (Phi) is 16.5. The number of aryl methyl sites for hydroxylation is 1. The molecular weight excluding hydrogens is 627 g/mol. The molecule has 268 valence electrons. The van der Waals surface area contributed by atoms with Crippen LogP contribution in [0.3, 0.4) is 0 Å². The number of ether oxygens (including phenoxy) is 2. The fraction of sp³-hybridized carbons (Fsp3) is 0.676. The zero-order valence-electron chi connectivity index (χ0n) is 30.2. The number of unbranched alkanes of at least 4 members (excludes halogenated alkanes) is 1. The molecule has 7 atom stereocenters. The quantitative estimate of drug-likeness (QED) is 0.197. The second-order valence-corrected chi connectivity index (χ2v) is 14.0. The number of carbonyl (C=O) groups excluding carboxylic acids is 3. The van der Waals surface area contributed by atoms with Crippen LogP contribution < -0.4 is 11.1 Å². The summed E-state index contributed by atoms with van der Waals surface area (Å²) in [4.78, 5) is 49.2. The van der Waals surface area contributed by atoms with Crippen LogP contribution in [0.25, 0.3) is 0 Å². The van der Waals surface area contributed by atoms with Crippen molar-refractivity contribution in [3.8, 4) is 0 Å². The molecule has 1 aromatic carbocycles. The topological polar surface area (TPSA) is 127 Å². The molecule has 3 rings (SSSR count). The van der Waals surface area contributed by atoms with E-state index in [1.165, 1.54) is 16.9 Å². The van der Waals surface area contributed by atoms with Crippen molar-refractivity contribution in [2.24, 2.45) is 17.6 Å². The van der Waals surface area contributed by atoms with Gasteiger partial charge in [0.05, 0.1) is 49.2 Å². The van der Waals surface area contributed by atoms with Crippen molar-refractivity contribution in [3.05, 3.63) is 52.0 Å². The Morgan fingerprint density at radius 1 is 1.10 bits per heavy atom. The first-order chi connectivity index (χ1) is 23.1. The fourth-order valence-electron chi connectivity index (χ4n) is 6.98. The van der Waals surface area contributed by atoms with E-state index in [-0.39, 0.29) is 54.7 Å². The first-order valence-electron chi connectivity index (χ1n) is 17.8. The Morgan fingerprint density at radius 3 is 2.38 bits per heavy atom. The molecule has 1 fully saturated rings. The van der Waals surface area contributed by atoms with Gasteiger partial charge in [-0.3, -0.25) is 14.4 Å². The average Bonchev–Trinajstić information content (AvgIpc) is 3.82. The molecule has 1 saturated heterocycles. The molecule has 0 bridgehead atoms. The third kappa shape index (κ3) is 10.3. The lowest BCUT2D eigenvalue weighted by atomic mass is 9.89. The molecule has 1 aromatic heterocycles. The van der Waals surface area contributed by atoms with Gasteiger partial charge in [0.15, 0.2) is 0 Å². The lowest BCUT2D eigenvalue weighted by Gasteiger charge is -2.41. The molecule has 1 aliphatic heterocycles. The highest BCUT2D eigenvalue weighted by atomic mass is 32.1. The zero-order valence-corrected chi connectivity index (χ0v) is 31.0. The van der Waals surface area contributed by atoms with Crippen LogP contribution in [0.2, 0.25) is 0 Å². The van der Waals surface area contributed by atoms with Gasteiger partial charge < -0.3 is 30.3 Å². The van der Waals surface area contributed by atoms with Gasteiger partial charge >= 0.3 is 0 Å². The summed E-state index contributed by atoms with van der Waals surface area (Å²) in [5.41, 5.74) is 8.23. The van der Waals surface area contributed by atoms with Gasteiger partial charge in [-0.15, -0.1) is 11.3 Å². The van der Waals surface area contributed by atoms with Crippen molar-refractivity contribution < 1.29 is 23.9 Å². The number of nitrogens with one attached hydrogen (secondary N) is 1. The average molecular weight is 686 g/mol. The van der Waals surface area contributed by atoms with E-state index >= 15 is 0 Å². The Labute approximate surface area is 292 Å². The fourth-order valence-corrected chi connectivity index (χ4v) is 7.67. The molecule has 0 aliphatic carbocycles. The number of hydrogen-bond donors (Lipinski definition) is 2. The number of amides is 3. The maximum Gasteiger partial charge on any atom is 0.236 e.